The van der Waals surface area contributed by atoms with Crippen molar-refractivity contribution in [2.45, 2.75) is 92.3 Å². The van der Waals surface area contributed by atoms with Crippen molar-refractivity contribution in [3.63, 3.8) is 0 Å². The molecule has 43 heavy (non-hydrogen) atoms. The summed E-state index contributed by atoms with van der Waals surface area (Å²) in [6.45, 7) is 18.2. The van der Waals surface area contributed by atoms with Gasteiger partial charge in [0.25, 0.3) is 5.91 Å². The zero-order valence-electron chi connectivity index (χ0n) is 27.1. The van der Waals surface area contributed by atoms with Gasteiger partial charge in [-0.2, -0.15) is 0 Å². The Kier molecular flexibility index (Phi) is 10.9. The van der Waals surface area contributed by atoms with E-state index in [0.29, 0.717) is 42.5 Å². The predicted octanol–water partition coefficient (Wildman–Crippen LogP) is 5.14. The maximum absolute atomic E-state index is 14.4. The number of anilines is 1. The van der Waals surface area contributed by atoms with E-state index < -0.39 is 27.6 Å². The summed E-state index contributed by atoms with van der Waals surface area (Å²) in [4.78, 5) is 40.2. The van der Waals surface area contributed by atoms with E-state index in [1.807, 2.05) is 40.7 Å². The number of aromatic nitrogens is 2. The molecular weight excluding hydrogens is 570 g/mol. The molecule has 2 atom stereocenters. The van der Waals surface area contributed by atoms with Gasteiger partial charge in [-0.25, -0.2) is 23.2 Å². The van der Waals surface area contributed by atoms with Crippen LogP contribution in [0.25, 0.3) is 0 Å². The molecule has 1 N–H and O–H groups in total. The van der Waals surface area contributed by atoms with Crippen molar-refractivity contribution in [3.8, 4) is 0 Å². The third-order valence-electron chi connectivity index (χ3n) is 7.06. The minimum absolute atomic E-state index is 0.0113. The molecule has 3 heterocycles. The highest BCUT2D eigenvalue weighted by Gasteiger charge is 2.39. The minimum atomic E-state index is -3.32. The topological polar surface area (TPSA) is 135 Å². The minimum Gasteiger partial charge on any atom is -0.467 e. The molecule has 240 valence electrons. The number of piperidine rings is 1. The number of nitrogens with zero attached hydrogens (tertiary/aromatic N) is 4. The van der Waals surface area contributed by atoms with Crippen molar-refractivity contribution < 1.29 is 27.2 Å². The number of carbonyl (C=O) groups excluding carboxylic acids is 2. The maximum Gasteiger partial charge on any atom is 0.410 e. The van der Waals surface area contributed by atoms with Crippen LogP contribution in [-0.2, 0) is 26.5 Å². The summed E-state index contributed by atoms with van der Waals surface area (Å²) >= 11 is 0. The first-order valence-electron chi connectivity index (χ1n) is 15.0. The molecule has 0 aromatic carbocycles. The van der Waals surface area contributed by atoms with E-state index in [1.165, 1.54) is 0 Å². The number of ether oxygens (including phenoxy) is 1. The summed E-state index contributed by atoms with van der Waals surface area (Å²) in [6.07, 6.45) is 3.06. The van der Waals surface area contributed by atoms with Gasteiger partial charge in [0.05, 0.1) is 24.6 Å². The third kappa shape index (κ3) is 9.94. The van der Waals surface area contributed by atoms with Gasteiger partial charge in [0.2, 0.25) is 0 Å². The molecule has 2 aromatic rings. The molecule has 2 aromatic heterocycles. The molecule has 0 bridgehead atoms. The molecule has 1 aliphatic heterocycles. The first-order chi connectivity index (χ1) is 19.9. The Morgan fingerprint density at radius 2 is 1.88 bits per heavy atom. The van der Waals surface area contributed by atoms with E-state index >= 15 is 0 Å². The van der Waals surface area contributed by atoms with Crippen LogP contribution in [0.3, 0.4) is 0 Å². The van der Waals surface area contributed by atoms with E-state index in [-0.39, 0.29) is 47.8 Å². The molecule has 3 rings (SSSR count). The van der Waals surface area contributed by atoms with Gasteiger partial charge in [-0.3, -0.25) is 4.79 Å². The zero-order valence-corrected chi connectivity index (χ0v) is 28.0. The zero-order chi connectivity index (χ0) is 32.2. The Balaban J connectivity index is 2.02. The second-order valence-electron chi connectivity index (χ2n) is 13.8. The monoisotopic (exact) mass is 619 g/mol. The largest absolute Gasteiger partial charge is 0.467 e. The van der Waals surface area contributed by atoms with Crippen LogP contribution in [0.1, 0.15) is 90.7 Å². The molecule has 0 radical (unpaired) electrons. The van der Waals surface area contributed by atoms with Gasteiger partial charge in [0.1, 0.15) is 38.4 Å². The molecule has 0 saturated carbocycles. The molecule has 1 fully saturated rings. The summed E-state index contributed by atoms with van der Waals surface area (Å²) < 4.78 is 36.5. The second-order valence-corrected chi connectivity index (χ2v) is 16.2. The lowest BCUT2D eigenvalue weighted by atomic mass is 9.93. The van der Waals surface area contributed by atoms with Crippen molar-refractivity contribution in [2.75, 3.05) is 36.5 Å². The summed E-state index contributed by atoms with van der Waals surface area (Å²) in [5, 5.41) is 3.26. The average Bonchev–Trinajstić information content (AvgIpc) is 3.42. The highest BCUT2D eigenvalue weighted by atomic mass is 32.2. The molecule has 1 aliphatic rings. The summed E-state index contributed by atoms with van der Waals surface area (Å²) in [7, 11) is -3.32. The maximum atomic E-state index is 14.4. The molecule has 2 amide bonds. The normalized spacial score (nSPS) is 18.0. The Labute approximate surface area is 256 Å². The number of hydrogen-bond donors (Lipinski definition) is 1. The van der Waals surface area contributed by atoms with E-state index in [4.69, 9.17) is 14.1 Å². The predicted molar refractivity (Wildman–Crippen MR) is 167 cm³/mol. The molecular formula is C31H49N5O6S. The van der Waals surface area contributed by atoms with Crippen LogP contribution in [-0.4, -0.2) is 83.0 Å². The van der Waals surface area contributed by atoms with Crippen molar-refractivity contribution in [3.05, 3.63) is 41.7 Å². The standard InChI is InChI=1S/C31H49N5O6S/c1-10-43(39,40)20-22-14-23(19-35(18-22)29(38)42-31(7,8)9)36(17-21(2)3)27(37)25-16-33-28(30(4,5)6)34-26(25)32-15-24-12-11-13-41-24/h11-13,16,21-23H,10,14-15,17-20H2,1-9H3,(H,32,33,34). The van der Waals surface area contributed by atoms with E-state index in [0.717, 1.165) is 0 Å². The van der Waals surface area contributed by atoms with Crippen molar-refractivity contribution in [1.82, 2.24) is 19.8 Å². The van der Waals surface area contributed by atoms with Crippen molar-refractivity contribution in [2.24, 2.45) is 11.8 Å². The SMILES string of the molecule is CCS(=O)(=O)CC1CC(N(CC(C)C)C(=O)c2cnc(C(C)(C)C)nc2NCc2ccco2)CN(C(=O)OC(C)(C)C)C1. The Hall–Kier alpha value is -3.15. The highest BCUT2D eigenvalue weighted by molar-refractivity contribution is 7.91. The number of nitrogens with one attached hydrogen (secondary N) is 1. The lowest BCUT2D eigenvalue weighted by Gasteiger charge is -2.43. The summed E-state index contributed by atoms with van der Waals surface area (Å²) in [6, 6.07) is 3.19. The highest BCUT2D eigenvalue weighted by Crippen LogP contribution is 2.29. The fraction of sp³-hybridized carbons (Fsp3) is 0.677. The lowest BCUT2D eigenvalue weighted by molar-refractivity contribution is 0.00270. The van der Waals surface area contributed by atoms with Crippen LogP contribution in [0.5, 0.6) is 0 Å². The molecule has 12 heteroatoms. The molecule has 1 saturated heterocycles. The molecule has 0 aliphatic carbocycles. The van der Waals surface area contributed by atoms with Crippen molar-refractivity contribution >= 4 is 27.7 Å². The molecule has 0 spiro atoms. The smallest absolute Gasteiger partial charge is 0.410 e. The summed E-state index contributed by atoms with van der Waals surface area (Å²) in [5.74, 6) is 1.07. The quantitative estimate of drug-likeness (QED) is 0.384. The number of rotatable bonds is 10. The lowest BCUT2D eigenvalue weighted by Crippen LogP contribution is -2.56. The number of amides is 2. The van der Waals surface area contributed by atoms with Gasteiger partial charge in [-0.05, 0) is 51.2 Å². The first-order valence-corrected chi connectivity index (χ1v) is 16.8. The molecule has 11 nitrogen and oxygen atoms in total. The van der Waals surface area contributed by atoms with Crippen LogP contribution in [0, 0.1) is 11.8 Å². The number of furan rings is 1. The van der Waals surface area contributed by atoms with Crippen LogP contribution in [0.15, 0.2) is 29.0 Å². The van der Waals surface area contributed by atoms with Gasteiger partial charge < -0.3 is 24.3 Å². The Bertz CT molecular complexity index is 1350. The van der Waals surface area contributed by atoms with Gasteiger partial charge in [0, 0.05) is 37.0 Å². The molecule has 2 unspecified atom stereocenters. The second kappa shape index (κ2) is 13.7. The Morgan fingerprint density at radius 1 is 1.19 bits per heavy atom. The summed E-state index contributed by atoms with van der Waals surface area (Å²) in [5.41, 5.74) is -0.772. The number of hydrogen-bond acceptors (Lipinski definition) is 9. The fourth-order valence-electron chi connectivity index (χ4n) is 5.04. The number of sulfone groups is 1. The number of likely N-dealkylation sites (tertiary alicyclic amines) is 1. The fourth-order valence-corrected chi connectivity index (χ4v) is 6.23. The van der Waals surface area contributed by atoms with Crippen LogP contribution in [0.4, 0.5) is 10.6 Å². The van der Waals surface area contributed by atoms with Crippen LogP contribution in [0.2, 0.25) is 0 Å². The van der Waals surface area contributed by atoms with Gasteiger partial charge >= 0.3 is 6.09 Å². The third-order valence-corrected chi connectivity index (χ3v) is 8.92. The number of carbonyl (C=O) groups is 2. The van der Waals surface area contributed by atoms with Gasteiger partial charge in [0.15, 0.2) is 0 Å². The first kappa shape index (κ1) is 34.3. The van der Waals surface area contributed by atoms with Gasteiger partial charge in [-0.1, -0.05) is 41.5 Å². The van der Waals surface area contributed by atoms with E-state index in [9.17, 15) is 18.0 Å². The van der Waals surface area contributed by atoms with Crippen molar-refractivity contribution in [1.29, 1.82) is 0 Å². The van der Waals surface area contributed by atoms with Crippen LogP contribution >= 0.6 is 0 Å². The van der Waals surface area contributed by atoms with E-state index in [1.54, 1.807) is 56.0 Å². The van der Waals surface area contributed by atoms with Crippen LogP contribution < -0.4 is 5.32 Å². The van der Waals surface area contributed by atoms with E-state index in [2.05, 4.69) is 10.3 Å². The Morgan fingerprint density at radius 3 is 2.44 bits per heavy atom. The average molecular weight is 620 g/mol. The van der Waals surface area contributed by atoms with Gasteiger partial charge in [-0.15, -0.1) is 0 Å².